The van der Waals surface area contributed by atoms with E-state index in [1.54, 1.807) is 11.8 Å². The van der Waals surface area contributed by atoms with E-state index in [-0.39, 0.29) is 6.04 Å². The first-order chi connectivity index (χ1) is 8.97. The van der Waals surface area contributed by atoms with E-state index in [1.165, 1.54) is 20.9 Å². The van der Waals surface area contributed by atoms with Gasteiger partial charge in [-0.15, -0.1) is 0 Å². The summed E-state index contributed by atoms with van der Waals surface area (Å²) < 4.78 is 1.10. The first kappa shape index (κ1) is 14.6. The normalized spacial score (nSPS) is 12.5. The molecule has 0 fully saturated rings. The highest BCUT2D eigenvalue weighted by Gasteiger charge is 2.07. The molecule has 0 saturated heterocycles. The lowest BCUT2D eigenvalue weighted by Gasteiger charge is -2.11. The van der Waals surface area contributed by atoms with Gasteiger partial charge in [0.25, 0.3) is 0 Å². The van der Waals surface area contributed by atoms with E-state index in [0.717, 1.165) is 10.0 Å². The summed E-state index contributed by atoms with van der Waals surface area (Å²) in [5.74, 6) is 0. The predicted octanol–water partition coefficient (Wildman–Crippen LogP) is 5.24. The molecular formula is C16H18BrNS. The molecule has 0 radical (unpaired) electrons. The first-order valence-electron chi connectivity index (χ1n) is 6.27. The maximum Gasteiger partial charge on any atom is 0.0318 e. The van der Waals surface area contributed by atoms with Crippen molar-refractivity contribution in [1.29, 1.82) is 0 Å². The summed E-state index contributed by atoms with van der Waals surface area (Å²) in [6.07, 6.45) is 0. The summed E-state index contributed by atoms with van der Waals surface area (Å²) in [6, 6.07) is 13.0. The van der Waals surface area contributed by atoms with Crippen LogP contribution in [0.1, 0.15) is 29.7 Å². The van der Waals surface area contributed by atoms with E-state index in [1.807, 2.05) is 6.92 Å². The van der Waals surface area contributed by atoms with E-state index in [9.17, 15) is 0 Å². The van der Waals surface area contributed by atoms with Crippen LogP contribution in [0.2, 0.25) is 0 Å². The van der Waals surface area contributed by atoms with Crippen molar-refractivity contribution in [3.8, 4) is 0 Å². The molecule has 1 nitrogen and oxygen atoms in total. The maximum atomic E-state index is 5.90. The van der Waals surface area contributed by atoms with Crippen LogP contribution >= 0.6 is 27.7 Å². The van der Waals surface area contributed by atoms with Crippen LogP contribution in [0.3, 0.4) is 0 Å². The van der Waals surface area contributed by atoms with Crippen LogP contribution in [-0.2, 0) is 0 Å². The van der Waals surface area contributed by atoms with Gasteiger partial charge in [-0.2, -0.15) is 0 Å². The molecule has 1 atom stereocenters. The molecule has 3 heteroatoms. The van der Waals surface area contributed by atoms with Crippen molar-refractivity contribution in [2.24, 2.45) is 5.73 Å². The highest BCUT2D eigenvalue weighted by molar-refractivity contribution is 9.10. The van der Waals surface area contributed by atoms with Gasteiger partial charge in [0.15, 0.2) is 0 Å². The van der Waals surface area contributed by atoms with Crippen molar-refractivity contribution in [2.45, 2.75) is 36.6 Å². The van der Waals surface area contributed by atoms with Crippen LogP contribution in [0, 0.1) is 13.8 Å². The standard InChI is InChI=1S/C16H18BrNS/c1-10-4-6-15(11(2)8-10)19-16-7-5-13(12(3)18)9-14(16)17/h4-9,12H,18H2,1-3H3/t12-/m1/s1. The second-order valence-electron chi connectivity index (χ2n) is 4.85. The lowest BCUT2D eigenvalue weighted by Crippen LogP contribution is -2.04. The van der Waals surface area contributed by atoms with E-state index < -0.39 is 0 Å². The maximum absolute atomic E-state index is 5.90. The third-order valence-corrected chi connectivity index (χ3v) is 5.20. The Labute approximate surface area is 127 Å². The fourth-order valence-electron chi connectivity index (χ4n) is 1.92. The minimum Gasteiger partial charge on any atom is -0.324 e. The highest BCUT2D eigenvalue weighted by Crippen LogP contribution is 2.36. The molecule has 2 aromatic carbocycles. The van der Waals surface area contributed by atoms with Gasteiger partial charge in [-0.05, 0) is 66.0 Å². The molecule has 2 aromatic rings. The van der Waals surface area contributed by atoms with E-state index in [2.05, 4.69) is 66.2 Å². The van der Waals surface area contributed by atoms with Gasteiger partial charge in [-0.3, -0.25) is 0 Å². The van der Waals surface area contributed by atoms with Crippen LogP contribution in [0.5, 0.6) is 0 Å². The quantitative estimate of drug-likeness (QED) is 0.830. The molecule has 0 aliphatic heterocycles. The third-order valence-electron chi connectivity index (χ3n) is 3.03. The second-order valence-corrected chi connectivity index (χ2v) is 6.79. The molecule has 0 amide bonds. The monoisotopic (exact) mass is 335 g/mol. The Morgan fingerprint density at radius 2 is 1.74 bits per heavy atom. The van der Waals surface area contributed by atoms with Crippen LogP contribution in [0.4, 0.5) is 0 Å². The van der Waals surface area contributed by atoms with Gasteiger partial charge in [-0.25, -0.2) is 0 Å². The molecule has 19 heavy (non-hydrogen) atoms. The fourth-order valence-corrected chi connectivity index (χ4v) is 3.44. The molecule has 0 saturated carbocycles. The molecule has 0 bridgehead atoms. The molecule has 0 aromatic heterocycles. The molecular weight excluding hydrogens is 318 g/mol. The van der Waals surface area contributed by atoms with Crippen LogP contribution in [-0.4, -0.2) is 0 Å². The van der Waals surface area contributed by atoms with Crippen molar-refractivity contribution in [3.05, 3.63) is 57.6 Å². The lowest BCUT2D eigenvalue weighted by molar-refractivity contribution is 0.815. The SMILES string of the molecule is Cc1ccc(Sc2ccc([C@@H](C)N)cc2Br)c(C)c1. The highest BCUT2D eigenvalue weighted by atomic mass is 79.9. The number of benzene rings is 2. The summed E-state index contributed by atoms with van der Waals surface area (Å²) in [4.78, 5) is 2.51. The lowest BCUT2D eigenvalue weighted by atomic mass is 10.1. The Morgan fingerprint density at radius 3 is 2.32 bits per heavy atom. The number of hydrogen-bond donors (Lipinski definition) is 1. The number of aryl methyl sites for hydroxylation is 2. The molecule has 2 N–H and O–H groups in total. The topological polar surface area (TPSA) is 26.0 Å². The Hall–Kier alpha value is -0.770. The van der Waals surface area contributed by atoms with Crippen LogP contribution in [0.15, 0.2) is 50.7 Å². The fraction of sp³-hybridized carbons (Fsp3) is 0.250. The van der Waals surface area contributed by atoms with Gasteiger partial charge in [0.1, 0.15) is 0 Å². The summed E-state index contributed by atoms with van der Waals surface area (Å²) in [5.41, 5.74) is 9.66. The Bertz CT molecular complexity index is 593. The van der Waals surface area contributed by atoms with Crippen molar-refractivity contribution in [3.63, 3.8) is 0 Å². The van der Waals surface area contributed by atoms with Crippen molar-refractivity contribution in [1.82, 2.24) is 0 Å². The molecule has 0 aliphatic carbocycles. The van der Waals surface area contributed by atoms with Crippen LogP contribution < -0.4 is 5.73 Å². The summed E-state index contributed by atoms with van der Waals surface area (Å²) in [5, 5.41) is 0. The van der Waals surface area contributed by atoms with Gasteiger partial charge in [0.05, 0.1) is 0 Å². The minimum absolute atomic E-state index is 0.0662. The molecule has 0 aliphatic rings. The zero-order valence-corrected chi connectivity index (χ0v) is 13.8. The van der Waals surface area contributed by atoms with E-state index in [0.29, 0.717) is 0 Å². The van der Waals surface area contributed by atoms with Crippen molar-refractivity contribution < 1.29 is 0 Å². The van der Waals surface area contributed by atoms with Gasteiger partial charge in [0, 0.05) is 20.3 Å². The number of hydrogen-bond acceptors (Lipinski definition) is 2. The van der Waals surface area contributed by atoms with E-state index >= 15 is 0 Å². The minimum atomic E-state index is 0.0662. The van der Waals surface area contributed by atoms with Crippen LogP contribution in [0.25, 0.3) is 0 Å². The molecule has 0 unspecified atom stereocenters. The molecule has 100 valence electrons. The Morgan fingerprint density at radius 1 is 1.05 bits per heavy atom. The second kappa shape index (κ2) is 6.12. The summed E-state index contributed by atoms with van der Waals surface area (Å²) in [6.45, 7) is 6.27. The number of nitrogens with two attached hydrogens (primary N) is 1. The molecule has 0 heterocycles. The first-order valence-corrected chi connectivity index (χ1v) is 7.88. The largest absolute Gasteiger partial charge is 0.324 e. The van der Waals surface area contributed by atoms with Gasteiger partial charge in [-0.1, -0.05) is 35.5 Å². The zero-order chi connectivity index (χ0) is 14.0. The van der Waals surface area contributed by atoms with E-state index in [4.69, 9.17) is 5.73 Å². The average molecular weight is 336 g/mol. The van der Waals surface area contributed by atoms with Crippen molar-refractivity contribution >= 4 is 27.7 Å². The summed E-state index contributed by atoms with van der Waals surface area (Å²) in [7, 11) is 0. The van der Waals surface area contributed by atoms with Gasteiger partial charge >= 0.3 is 0 Å². The van der Waals surface area contributed by atoms with Gasteiger partial charge in [0.2, 0.25) is 0 Å². The molecule has 2 rings (SSSR count). The van der Waals surface area contributed by atoms with Gasteiger partial charge < -0.3 is 5.73 Å². The predicted molar refractivity (Wildman–Crippen MR) is 86.8 cm³/mol. The average Bonchev–Trinajstić information content (AvgIpc) is 2.34. The Kier molecular flexibility index (Phi) is 4.71. The zero-order valence-electron chi connectivity index (χ0n) is 11.4. The Balaban J connectivity index is 2.28. The number of rotatable bonds is 3. The summed E-state index contributed by atoms with van der Waals surface area (Å²) >= 11 is 5.42. The van der Waals surface area contributed by atoms with Crippen molar-refractivity contribution in [2.75, 3.05) is 0 Å². The third kappa shape index (κ3) is 3.62. The number of halogens is 1. The molecule has 0 spiro atoms. The smallest absolute Gasteiger partial charge is 0.0318 e.